The molecule has 0 nitrogen and oxygen atoms in total. The van der Waals surface area contributed by atoms with Crippen LogP contribution in [0.15, 0.2) is 24.3 Å². The molecule has 0 atom stereocenters. The topological polar surface area (TPSA) is 0 Å². The minimum absolute atomic E-state index is 0.129. The van der Waals surface area contributed by atoms with Crippen molar-refractivity contribution in [1.29, 1.82) is 0 Å². The first-order chi connectivity index (χ1) is 8.65. The zero-order valence-electron chi connectivity index (χ0n) is 11.7. The molecule has 0 bridgehead atoms. The van der Waals surface area contributed by atoms with Gasteiger partial charge in [0.2, 0.25) is 0 Å². The van der Waals surface area contributed by atoms with E-state index in [0.717, 1.165) is 24.2 Å². The summed E-state index contributed by atoms with van der Waals surface area (Å²) in [5.41, 5.74) is 1.28. The molecule has 1 aromatic rings. The molecule has 0 amide bonds. The summed E-state index contributed by atoms with van der Waals surface area (Å²) in [4.78, 5) is 0. The van der Waals surface area contributed by atoms with E-state index < -0.39 is 0 Å². The van der Waals surface area contributed by atoms with Crippen molar-refractivity contribution in [2.45, 2.75) is 52.4 Å². The Labute approximate surface area is 111 Å². The molecule has 1 heteroatoms. The minimum atomic E-state index is -0.129. The van der Waals surface area contributed by atoms with Gasteiger partial charge in [0.15, 0.2) is 0 Å². The maximum absolute atomic E-state index is 12.8. The van der Waals surface area contributed by atoms with Crippen molar-refractivity contribution in [2.24, 2.45) is 17.8 Å². The fourth-order valence-corrected chi connectivity index (χ4v) is 3.17. The first-order valence-corrected chi connectivity index (χ1v) is 7.39. The second-order valence-electron chi connectivity index (χ2n) is 6.19. The highest BCUT2D eigenvalue weighted by Crippen LogP contribution is 2.35. The summed E-state index contributed by atoms with van der Waals surface area (Å²) in [6.45, 7) is 4.70. The molecule has 1 aliphatic rings. The lowest BCUT2D eigenvalue weighted by atomic mass is 9.75. The highest BCUT2D eigenvalue weighted by Gasteiger charge is 2.22. The van der Waals surface area contributed by atoms with Crippen molar-refractivity contribution >= 4 is 0 Å². The average Bonchev–Trinajstić information content (AvgIpc) is 2.38. The standard InChI is InChI=1S/C17H25F/c1-13(2)16-9-5-14(6-10-16)3-4-15-7-11-17(18)12-8-15/h7-8,11-14,16H,3-6,9-10H2,1-2H3. The average molecular weight is 248 g/mol. The SMILES string of the molecule is CC(C)C1CCC(CCc2ccc(F)cc2)CC1. The second-order valence-corrected chi connectivity index (χ2v) is 6.19. The Bertz CT molecular complexity index is 344. The third-order valence-electron chi connectivity index (χ3n) is 4.59. The fraction of sp³-hybridized carbons (Fsp3) is 0.647. The van der Waals surface area contributed by atoms with Gasteiger partial charge in [0.05, 0.1) is 0 Å². The first-order valence-electron chi connectivity index (χ1n) is 7.39. The number of halogens is 1. The van der Waals surface area contributed by atoms with E-state index in [2.05, 4.69) is 13.8 Å². The van der Waals surface area contributed by atoms with Gasteiger partial charge in [-0.05, 0) is 61.1 Å². The molecule has 0 aromatic heterocycles. The van der Waals surface area contributed by atoms with Crippen molar-refractivity contribution in [3.05, 3.63) is 35.6 Å². The zero-order chi connectivity index (χ0) is 13.0. The van der Waals surface area contributed by atoms with Gasteiger partial charge in [0.25, 0.3) is 0 Å². The van der Waals surface area contributed by atoms with Crippen LogP contribution in [0.2, 0.25) is 0 Å². The number of hydrogen-bond donors (Lipinski definition) is 0. The second kappa shape index (κ2) is 6.36. The molecule has 0 radical (unpaired) electrons. The van der Waals surface area contributed by atoms with Crippen LogP contribution >= 0.6 is 0 Å². The van der Waals surface area contributed by atoms with Crippen molar-refractivity contribution in [2.75, 3.05) is 0 Å². The summed E-state index contributed by atoms with van der Waals surface area (Å²) < 4.78 is 12.8. The van der Waals surface area contributed by atoms with E-state index in [4.69, 9.17) is 0 Å². The third kappa shape index (κ3) is 3.83. The van der Waals surface area contributed by atoms with Crippen LogP contribution in [-0.4, -0.2) is 0 Å². The van der Waals surface area contributed by atoms with E-state index in [1.807, 2.05) is 12.1 Å². The van der Waals surface area contributed by atoms with Gasteiger partial charge in [-0.1, -0.05) is 38.8 Å². The minimum Gasteiger partial charge on any atom is -0.207 e. The van der Waals surface area contributed by atoms with Crippen LogP contribution in [0.25, 0.3) is 0 Å². The van der Waals surface area contributed by atoms with E-state index in [1.54, 1.807) is 12.1 Å². The lowest BCUT2D eigenvalue weighted by Crippen LogP contribution is -2.18. The van der Waals surface area contributed by atoms with E-state index >= 15 is 0 Å². The van der Waals surface area contributed by atoms with Crippen molar-refractivity contribution in [1.82, 2.24) is 0 Å². The molecule has 1 fully saturated rings. The summed E-state index contributed by atoms with van der Waals surface area (Å²) in [5.74, 6) is 2.57. The summed E-state index contributed by atoms with van der Waals surface area (Å²) >= 11 is 0. The maximum atomic E-state index is 12.8. The quantitative estimate of drug-likeness (QED) is 0.685. The highest BCUT2D eigenvalue weighted by molar-refractivity contribution is 5.16. The molecule has 0 saturated heterocycles. The monoisotopic (exact) mass is 248 g/mol. The molecule has 0 N–H and O–H groups in total. The van der Waals surface area contributed by atoms with E-state index in [1.165, 1.54) is 37.7 Å². The smallest absolute Gasteiger partial charge is 0.123 e. The van der Waals surface area contributed by atoms with E-state index in [9.17, 15) is 4.39 Å². The molecule has 1 aromatic carbocycles. The normalized spacial score (nSPS) is 24.4. The molecule has 1 aliphatic carbocycles. The lowest BCUT2D eigenvalue weighted by molar-refractivity contribution is 0.217. The molecule has 100 valence electrons. The third-order valence-corrected chi connectivity index (χ3v) is 4.59. The predicted octanol–water partition coefficient (Wildman–Crippen LogP) is 5.22. The van der Waals surface area contributed by atoms with Gasteiger partial charge in [-0.15, -0.1) is 0 Å². The Hall–Kier alpha value is -0.850. The van der Waals surface area contributed by atoms with Crippen LogP contribution in [0, 0.1) is 23.6 Å². The van der Waals surface area contributed by atoms with E-state index in [0.29, 0.717) is 0 Å². The Morgan fingerprint density at radius 2 is 1.67 bits per heavy atom. The summed E-state index contributed by atoms with van der Waals surface area (Å²) in [6, 6.07) is 7.00. The molecule has 2 rings (SSSR count). The fourth-order valence-electron chi connectivity index (χ4n) is 3.17. The number of aryl methyl sites for hydroxylation is 1. The number of rotatable bonds is 4. The summed E-state index contributed by atoms with van der Waals surface area (Å²) in [5, 5.41) is 0. The van der Waals surface area contributed by atoms with Gasteiger partial charge in [-0.3, -0.25) is 0 Å². The molecule has 0 unspecified atom stereocenters. The van der Waals surface area contributed by atoms with Crippen LogP contribution in [0.5, 0.6) is 0 Å². The molecular weight excluding hydrogens is 223 g/mol. The van der Waals surface area contributed by atoms with Gasteiger partial charge < -0.3 is 0 Å². The number of benzene rings is 1. The maximum Gasteiger partial charge on any atom is 0.123 e. The molecule has 0 spiro atoms. The Kier molecular flexibility index (Phi) is 4.79. The van der Waals surface area contributed by atoms with Crippen LogP contribution < -0.4 is 0 Å². The van der Waals surface area contributed by atoms with E-state index in [-0.39, 0.29) is 5.82 Å². The van der Waals surface area contributed by atoms with Gasteiger partial charge in [0.1, 0.15) is 5.82 Å². The molecule has 18 heavy (non-hydrogen) atoms. The largest absolute Gasteiger partial charge is 0.207 e. The van der Waals surface area contributed by atoms with Gasteiger partial charge in [-0.2, -0.15) is 0 Å². The predicted molar refractivity (Wildman–Crippen MR) is 75.0 cm³/mol. The Morgan fingerprint density at radius 3 is 2.22 bits per heavy atom. The Morgan fingerprint density at radius 1 is 1.06 bits per heavy atom. The van der Waals surface area contributed by atoms with Crippen LogP contribution in [0.1, 0.15) is 51.5 Å². The van der Waals surface area contributed by atoms with Crippen LogP contribution in [-0.2, 0) is 6.42 Å². The van der Waals surface area contributed by atoms with Crippen molar-refractivity contribution in [3.63, 3.8) is 0 Å². The van der Waals surface area contributed by atoms with Crippen LogP contribution in [0.4, 0.5) is 4.39 Å². The summed E-state index contributed by atoms with van der Waals surface area (Å²) in [6.07, 6.45) is 7.99. The van der Waals surface area contributed by atoms with Crippen molar-refractivity contribution in [3.8, 4) is 0 Å². The molecule has 1 saturated carbocycles. The van der Waals surface area contributed by atoms with Gasteiger partial charge in [0, 0.05) is 0 Å². The zero-order valence-corrected chi connectivity index (χ0v) is 11.7. The lowest BCUT2D eigenvalue weighted by Gasteiger charge is -2.30. The first kappa shape index (κ1) is 13.6. The van der Waals surface area contributed by atoms with Crippen molar-refractivity contribution < 1.29 is 4.39 Å². The summed E-state index contributed by atoms with van der Waals surface area (Å²) in [7, 11) is 0. The van der Waals surface area contributed by atoms with Gasteiger partial charge in [-0.25, -0.2) is 4.39 Å². The van der Waals surface area contributed by atoms with Crippen LogP contribution in [0.3, 0.4) is 0 Å². The highest BCUT2D eigenvalue weighted by atomic mass is 19.1. The Balaban J connectivity index is 1.74. The molecular formula is C17H25F. The molecule has 0 heterocycles. The van der Waals surface area contributed by atoms with Gasteiger partial charge >= 0.3 is 0 Å². The molecule has 0 aliphatic heterocycles. The number of hydrogen-bond acceptors (Lipinski definition) is 0.